The molecular formula is C24H30F2O2. The van der Waals surface area contributed by atoms with Crippen LogP contribution < -0.4 is 4.74 Å². The zero-order valence-corrected chi connectivity index (χ0v) is 16.6. The average molecular weight is 388 g/mol. The number of carbonyl (C=O) groups excluding carboxylic acids is 1. The van der Waals surface area contributed by atoms with Crippen molar-refractivity contribution in [1.29, 1.82) is 0 Å². The van der Waals surface area contributed by atoms with Crippen LogP contribution in [-0.4, -0.2) is 18.8 Å². The van der Waals surface area contributed by atoms with Gasteiger partial charge in [0.15, 0.2) is 0 Å². The number of hydrogen-bond acceptors (Lipinski definition) is 2. The second kappa shape index (κ2) is 12.3. The lowest BCUT2D eigenvalue weighted by molar-refractivity contribution is -0.135. The highest BCUT2D eigenvalue weighted by molar-refractivity contribution is 5.73. The quantitative estimate of drug-likeness (QED) is 0.246. The summed E-state index contributed by atoms with van der Waals surface area (Å²) in [5.41, 5.74) is 3.50. The van der Waals surface area contributed by atoms with Crippen LogP contribution >= 0.6 is 0 Å². The molecule has 152 valence electrons. The molecule has 0 amide bonds. The lowest BCUT2D eigenvalue weighted by Gasteiger charge is -2.11. The first-order chi connectivity index (χ1) is 13.6. The third kappa shape index (κ3) is 7.79. The van der Waals surface area contributed by atoms with Crippen molar-refractivity contribution in [2.75, 3.05) is 6.67 Å². The van der Waals surface area contributed by atoms with E-state index in [0.29, 0.717) is 5.75 Å². The zero-order chi connectivity index (χ0) is 20.2. The monoisotopic (exact) mass is 388 g/mol. The molecule has 28 heavy (non-hydrogen) atoms. The van der Waals surface area contributed by atoms with Crippen LogP contribution in [0.5, 0.6) is 5.75 Å². The molecule has 0 fully saturated rings. The van der Waals surface area contributed by atoms with E-state index in [-0.39, 0.29) is 6.42 Å². The maximum atomic E-state index is 13.4. The standard InChI is InChI=1S/C24H30F2O2/c1-2-3-4-7-19-10-12-20(13-11-19)14-15-21-8-5-6-9-23(21)28-24(27)18-22(26)16-17-25/h5-6,8-13,22H,2-4,7,14-18H2,1H3. The van der Waals surface area contributed by atoms with Crippen LogP contribution in [-0.2, 0) is 24.1 Å². The van der Waals surface area contributed by atoms with Crippen LogP contribution in [0.15, 0.2) is 48.5 Å². The van der Waals surface area contributed by atoms with Gasteiger partial charge in [0.25, 0.3) is 0 Å². The number of hydrogen-bond donors (Lipinski definition) is 0. The Morgan fingerprint density at radius 2 is 1.64 bits per heavy atom. The average Bonchev–Trinajstić information content (AvgIpc) is 2.68. The van der Waals surface area contributed by atoms with Crippen LogP contribution in [0.25, 0.3) is 0 Å². The Bertz CT molecular complexity index is 713. The summed E-state index contributed by atoms with van der Waals surface area (Å²) < 4.78 is 30.9. The van der Waals surface area contributed by atoms with Crippen LogP contribution in [0.2, 0.25) is 0 Å². The summed E-state index contributed by atoms with van der Waals surface area (Å²) in [5.74, 6) is -0.207. The molecule has 0 aromatic heterocycles. The molecule has 1 unspecified atom stereocenters. The Morgan fingerprint density at radius 3 is 2.32 bits per heavy atom. The van der Waals surface area contributed by atoms with Gasteiger partial charge in [-0.3, -0.25) is 9.18 Å². The van der Waals surface area contributed by atoms with Crippen LogP contribution in [0.3, 0.4) is 0 Å². The van der Waals surface area contributed by atoms with Gasteiger partial charge in [0.1, 0.15) is 11.9 Å². The Labute approximate surface area is 166 Å². The molecule has 0 saturated carbocycles. The minimum atomic E-state index is -1.50. The molecule has 0 aliphatic rings. The minimum absolute atomic E-state index is 0.273. The molecule has 0 spiro atoms. The Morgan fingerprint density at radius 1 is 0.964 bits per heavy atom. The summed E-state index contributed by atoms with van der Waals surface area (Å²) in [6, 6.07) is 16.0. The Hall–Kier alpha value is -2.23. The molecule has 2 aromatic rings. The van der Waals surface area contributed by atoms with Crippen molar-refractivity contribution >= 4 is 5.97 Å². The molecule has 0 aliphatic carbocycles. The van der Waals surface area contributed by atoms with E-state index in [1.54, 1.807) is 12.1 Å². The first-order valence-electron chi connectivity index (χ1n) is 10.2. The maximum absolute atomic E-state index is 13.4. The van der Waals surface area contributed by atoms with Crippen molar-refractivity contribution in [2.24, 2.45) is 0 Å². The molecular weight excluding hydrogens is 358 g/mol. The van der Waals surface area contributed by atoms with Crippen molar-refractivity contribution in [3.8, 4) is 5.75 Å². The SMILES string of the molecule is CCCCCc1ccc(CCc2ccccc2OC(=O)CC(F)CCF)cc1. The van der Waals surface area contributed by atoms with E-state index in [2.05, 4.69) is 31.2 Å². The second-order valence-electron chi connectivity index (χ2n) is 7.13. The molecule has 2 aromatic carbocycles. The fourth-order valence-corrected chi connectivity index (χ4v) is 3.11. The summed E-state index contributed by atoms with van der Waals surface area (Å²) in [6.45, 7) is 1.43. The number of unbranched alkanes of at least 4 members (excludes halogenated alkanes) is 2. The van der Waals surface area contributed by atoms with E-state index in [1.165, 1.54) is 30.4 Å². The molecule has 1 atom stereocenters. The maximum Gasteiger partial charge on any atom is 0.314 e. The van der Waals surface area contributed by atoms with Gasteiger partial charge in [-0.1, -0.05) is 62.2 Å². The van der Waals surface area contributed by atoms with E-state index in [0.717, 1.165) is 24.8 Å². The number of para-hydroxylation sites is 1. The Kier molecular flexibility index (Phi) is 9.67. The third-order valence-corrected chi connectivity index (χ3v) is 4.78. The molecule has 0 aliphatic heterocycles. The van der Waals surface area contributed by atoms with E-state index < -0.39 is 25.2 Å². The molecule has 0 radical (unpaired) electrons. The highest BCUT2D eigenvalue weighted by Crippen LogP contribution is 2.21. The van der Waals surface area contributed by atoms with E-state index in [1.807, 2.05) is 12.1 Å². The van der Waals surface area contributed by atoms with Crippen molar-refractivity contribution in [1.82, 2.24) is 0 Å². The number of carbonyl (C=O) groups is 1. The third-order valence-electron chi connectivity index (χ3n) is 4.78. The number of esters is 1. The number of rotatable bonds is 12. The van der Waals surface area contributed by atoms with Gasteiger partial charge in [-0.2, -0.15) is 0 Å². The molecule has 4 heteroatoms. The zero-order valence-electron chi connectivity index (χ0n) is 16.6. The Balaban J connectivity index is 1.89. The number of ether oxygens (including phenoxy) is 1. The highest BCUT2D eigenvalue weighted by atomic mass is 19.1. The summed E-state index contributed by atoms with van der Waals surface area (Å²) in [5, 5.41) is 0. The summed E-state index contributed by atoms with van der Waals surface area (Å²) in [4.78, 5) is 11.9. The van der Waals surface area contributed by atoms with Gasteiger partial charge < -0.3 is 4.74 Å². The molecule has 0 bridgehead atoms. The van der Waals surface area contributed by atoms with Crippen LogP contribution in [0.4, 0.5) is 8.78 Å². The van der Waals surface area contributed by atoms with Gasteiger partial charge in [-0.05, 0) is 48.4 Å². The van der Waals surface area contributed by atoms with Crippen molar-refractivity contribution in [3.05, 3.63) is 65.2 Å². The summed E-state index contributed by atoms with van der Waals surface area (Å²) in [6.07, 6.45) is 4.19. The summed E-state index contributed by atoms with van der Waals surface area (Å²) in [7, 11) is 0. The molecule has 0 N–H and O–H groups in total. The van der Waals surface area contributed by atoms with Crippen molar-refractivity contribution in [3.63, 3.8) is 0 Å². The number of benzene rings is 2. The number of aryl methyl sites for hydroxylation is 3. The van der Waals surface area contributed by atoms with Gasteiger partial charge in [-0.25, -0.2) is 4.39 Å². The van der Waals surface area contributed by atoms with Gasteiger partial charge in [0.2, 0.25) is 0 Å². The largest absolute Gasteiger partial charge is 0.426 e. The van der Waals surface area contributed by atoms with Gasteiger partial charge in [0, 0.05) is 6.42 Å². The lowest BCUT2D eigenvalue weighted by Crippen LogP contribution is -2.16. The van der Waals surface area contributed by atoms with E-state index >= 15 is 0 Å². The van der Waals surface area contributed by atoms with Crippen LogP contribution in [0, 0.1) is 0 Å². The second-order valence-corrected chi connectivity index (χ2v) is 7.13. The van der Waals surface area contributed by atoms with Gasteiger partial charge >= 0.3 is 5.97 Å². The predicted octanol–water partition coefficient (Wildman–Crippen LogP) is 6.20. The van der Waals surface area contributed by atoms with Crippen LogP contribution in [0.1, 0.15) is 55.7 Å². The fraction of sp³-hybridized carbons (Fsp3) is 0.458. The van der Waals surface area contributed by atoms with E-state index in [4.69, 9.17) is 4.74 Å². The molecule has 2 rings (SSSR count). The normalized spacial score (nSPS) is 12.0. The van der Waals surface area contributed by atoms with E-state index in [9.17, 15) is 13.6 Å². The smallest absolute Gasteiger partial charge is 0.314 e. The molecule has 0 heterocycles. The fourth-order valence-electron chi connectivity index (χ4n) is 3.11. The topological polar surface area (TPSA) is 26.3 Å². The van der Waals surface area contributed by atoms with Crippen molar-refractivity contribution in [2.45, 2.75) is 64.5 Å². The summed E-state index contributed by atoms with van der Waals surface area (Å²) >= 11 is 0. The highest BCUT2D eigenvalue weighted by Gasteiger charge is 2.15. The molecule has 2 nitrogen and oxygen atoms in total. The van der Waals surface area contributed by atoms with Gasteiger partial charge in [0.05, 0.1) is 13.1 Å². The minimum Gasteiger partial charge on any atom is -0.426 e. The first-order valence-corrected chi connectivity index (χ1v) is 10.2. The lowest BCUT2D eigenvalue weighted by atomic mass is 10.0. The van der Waals surface area contributed by atoms with Crippen molar-refractivity contribution < 1.29 is 18.3 Å². The first kappa shape index (κ1) is 22.1. The molecule has 0 saturated heterocycles. The van der Waals surface area contributed by atoms with Gasteiger partial charge in [-0.15, -0.1) is 0 Å². The number of halogens is 2. The number of alkyl halides is 2. The predicted molar refractivity (Wildman–Crippen MR) is 109 cm³/mol.